The van der Waals surface area contributed by atoms with Crippen molar-refractivity contribution in [2.75, 3.05) is 19.7 Å². The monoisotopic (exact) mass is 363 g/mol. The van der Waals surface area contributed by atoms with Gasteiger partial charge < -0.3 is 9.84 Å². The predicted octanol–water partition coefficient (Wildman–Crippen LogP) is 1.99. The fourth-order valence-corrected chi connectivity index (χ4v) is 4.37. The third-order valence-electron chi connectivity index (χ3n) is 3.42. The molecule has 0 aliphatic carbocycles. The second-order valence-corrected chi connectivity index (χ2v) is 7.70. The summed E-state index contributed by atoms with van der Waals surface area (Å²) in [6.45, 7) is 4.30. The van der Waals surface area contributed by atoms with Crippen LogP contribution >= 0.6 is 15.9 Å². The van der Waals surface area contributed by atoms with E-state index in [-0.39, 0.29) is 18.0 Å². The van der Waals surface area contributed by atoms with Crippen molar-refractivity contribution in [3.05, 3.63) is 22.7 Å². The summed E-state index contributed by atoms with van der Waals surface area (Å²) in [6, 6.07) is 4.90. The second-order valence-electron chi connectivity index (χ2n) is 4.88. The van der Waals surface area contributed by atoms with E-state index in [1.165, 1.54) is 10.4 Å². The molecule has 20 heavy (non-hydrogen) atoms. The van der Waals surface area contributed by atoms with Crippen molar-refractivity contribution in [2.24, 2.45) is 0 Å². The van der Waals surface area contributed by atoms with E-state index in [1.807, 2.05) is 6.92 Å². The summed E-state index contributed by atoms with van der Waals surface area (Å²) >= 11 is 3.28. The fraction of sp³-hybridized carbons (Fsp3) is 0.538. The number of rotatable bonds is 5. The Hall–Kier alpha value is -0.630. The summed E-state index contributed by atoms with van der Waals surface area (Å²) in [5.41, 5.74) is -0.898. The van der Waals surface area contributed by atoms with Crippen LogP contribution in [0.15, 0.2) is 27.6 Å². The van der Waals surface area contributed by atoms with Crippen molar-refractivity contribution < 1.29 is 18.3 Å². The van der Waals surface area contributed by atoms with Gasteiger partial charge in [0.2, 0.25) is 10.0 Å². The first-order valence-electron chi connectivity index (χ1n) is 6.47. The molecule has 0 amide bonds. The van der Waals surface area contributed by atoms with Gasteiger partial charge in [-0.2, -0.15) is 4.31 Å². The van der Waals surface area contributed by atoms with Crippen LogP contribution in [0.2, 0.25) is 0 Å². The lowest BCUT2D eigenvalue weighted by Crippen LogP contribution is -2.62. The molecule has 1 N–H and O–H groups in total. The van der Waals surface area contributed by atoms with Crippen LogP contribution in [0.1, 0.15) is 20.3 Å². The van der Waals surface area contributed by atoms with Gasteiger partial charge in [0.05, 0.1) is 12.2 Å². The molecule has 0 unspecified atom stereocenters. The van der Waals surface area contributed by atoms with Crippen LogP contribution < -0.4 is 4.74 Å². The van der Waals surface area contributed by atoms with Crippen LogP contribution in [0, 0.1) is 0 Å². The second kappa shape index (κ2) is 5.63. The van der Waals surface area contributed by atoms with E-state index in [4.69, 9.17) is 4.74 Å². The normalized spacial score (nSPS) is 18.6. The Morgan fingerprint density at radius 3 is 2.60 bits per heavy atom. The lowest BCUT2D eigenvalue weighted by Gasteiger charge is -2.44. The van der Waals surface area contributed by atoms with Crippen molar-refractivity contribution >= 4 is 26.0 Å². The summed E-state index contributed by atoms with van der Waals surface area (Å²) < 4.78 is 32.5. The minimum atomic E-state index is -3.64. The van der Waals surface area contributed by atoms with Crippen molar-refractivity contribution in [2.45, 2.75) is 30.8 Å². The molecule has 1 heterocycles. The molecule has 1 aromatic rings. The first-order chi connectivity index (χ1) is 9.32. The standard InChI is InChI=1S/C13H18BrNO4S/c1-3-13(16)8-15(9-13)20(17,18)12-7-10(14)5-6-11(12)19-4-2/h5-7,16H,3-4,8-9H2,1-2H3. The van der Waals surface area contributed by atoms with Gasteiger partial charge in [0.15, 0.2) is 0 Å². The van der Waals surface area contributed by atoms with Crippen LogP contribution in [0.3, 0.4) is 0 Å². The Morgan fingerprint density at radius 2 is 2.05 bits per heavy atom. The van der Waals surface area contributed by atoms with E-state index in [0.717, 1.165) is 0 Å². The van der Waals surface area contributed by atoms with E-state index in [1.54, 1.807) is 19.1 Å². The minimum Gasteiger partial charge on any atom is -0.492 e. The van der Waals surface area contributed by atoms with Crippen molar-refractivity contribution in [3.63, 3.8) is 0 Å². The van der Waals surface area contributed by atoms with E-state index in [2.05, 4.69) is 15.9 Å². The topological polar surface area (TPSA) is 66.8 Å². The molecule has 1 aliphatic rings. The first-order valence-corrected chi connectivity index (χ1v) is 8.70. The third kappa shape index (κ3) is 2.86. The third-order valence-corrected chi connectivity index (χ3v) is 5.73. The summed E-state index contributed by atoms with van der Waals surface area (Å²) in [4.78, 5) is 0.131. The highest BCUT2D eigenvalue weighted by Crippen LogP contribution is 2.35. The largest absolute Gasteiger partial charge is 0.492 e. The molecule has 1 saturated heterocycles. The maximum absolute atomic E-state index is 12.6. The molecule has 7 heteroatoms. The molecular weight excluding hydrogens is 346 g/mol. The highest BCUT2D eigenvalue weighted by atomic mass is 79.9. The molecule has 1 aromatic carbocycles. The SMILES string of the molecule is CCOc1ccc(Br)cc1S(=O)(=O)N1CC(O)(CC)C1. The Morgan fingerprint density at radius 1 is 1.40 bits per heavy atom. The average molecular weight is 364 g/mol. The number of halogens is 1. The van der Waals surface area contributed by atoms with Gasteiger partial charge in [-0.15, -0.1) is 0 Å². The van der Waals surface area contributed by atoms with Gasteiger partial charge in [-0.3, -0.25) is 0 Å². The zero-order chi connectivity index (χ0) is 15.0. The van der Waals surface area contributed by atoms with Gasteiger partial charge >= 0.3 is 0 Å². The molecule has 0 radical (unpaired) electrons. The van der Waals surface area contributed by atoms with Gasteiger partial charge in [-0.25, -0.2) is 8.42 Å². The number of nitrogens with zero attached hydrogens (tertiary/aromatic N) is 1. The van der Waals surface area contributed by atoms with Gasteiger partial charge in [0.25, 0.3) is 0 Å². The van der Waals surface area contributed by atoms with Gasteiger partial charge in [-0.05, 0) is 31.5 Å². The van der Waals surface area contributed by atoms with Crippen molar-refractivity contribution in [3.8, 4) is 5.75 Å². The predicted molar refractivity (Wildman–Crippen MR) is 79.3 cm³/mol. The lowest BCUT2D eigenvalue weighted by molar-refractivity contribution is -0.0613. The van der Waals surface area contributed by atoms with Crippen molar-refractivity contribution in [1.29, 1.82) is 0 Å². The summed E-state index contributed by atoms with van der Waals surface area (Å²) in [7, 11) is -3.64. The molecule has 0 saturated carbocycles. The first kappa shape index (κ1) is 15.8. The number of hydrogen-bond donors (Lipinski definition) is 1. The molecule has 0 atom stereocenters. The molecule has 0 aromatic heterocycles. The summed E-state index contributed by atoms with van der Waals surface area (Å²) in [5.74, 6) is 0.336. The fourth-order valence-electron chi connectivity index (χ4n) is 2.10. The molecule has 0 spiro atoms. The smallest absolute Gasteiger partial charge is 0.246 e. The highest BCUT2D eigenvalue weighted by Gasteiger charge is 2.46. The summed E-state index contributed by atoms with van der Waals surface area (Å²) in [5, 5.41) is 9.98. The number of sulfonamides is 1. The van der Waals surface area contributed by atoms with Gasteiger partial charge in [0, 0.05) is 17.6 Å². The quantitative estimate of drug-likeness (QED) is 0.868. The molecule has 112 valence electrons. The van der Waals surface area contributed by atoms with E-state index >= 15 is 0 Å². The maximum atomic E-state index is 12.6. The van der Waals surface area contributed by atoms with Crippen molar-refractivity contribution in [1.82, 2.24) is 4.31 Å². The zero-order valence-electron chi connectivity index (χ0n) is 11.5. The lowest BCUT2D eigenvalue weighted by atomic mass is 9.94. The minimum absolute atomic E-state index is 0.129. The molecular formula is C13H18BrNO4S. The Kier molecular flexibility index (Phi) is 4.44. The average Bonchev–Trinajstić information content (AvgIpc) is 2.37. The van der Waals surface area contributed by atoms with E-state index in [9.17, 15) is 13.5 Å². The van der Waals surface area contributed by atoms with Crippen LogP contribution in [-0.4, -0.2) is 43.1 Å². The molecule has 2 rings (SSSR count). The van der Waals surface area contributed by atoms with E-state index < -0.39 is 15.6 Å². The number of aliphatic hydroxyl groups is 1. The number of benzene rings is 1. The van der Waals surface area contributed by atoms with Gasteiger partial charge in [-0.1, -0.05) is 22.9 Å². The number of ether oxygens (including phenoxy) is 1. The molecule has 1 fully saturated rings. The molecule has 1 aliphatic heterocycles. The molecule has 0 bridgehead atoms. The van der Waals surface area contributed by atoms with E-state index in [0.29, 0.717) is 23.2 Å². The number of β-amino-alcohol motifs (C(OH)–C–C–N with tert-alkyl or cyclic N) is 1. The Balaban J connectivity index is 2.33. The van der Waals surface area contributed by atoms with Crippen LogP contribution in [-0.2, 0) is 10.0 Å². The van der Waals surface area contributed by atoms with Crippen LogP contribution in [0.4, 0.5) is 0 Å². The van der Waals surface area contributed by atoms with Gasteiger partial charge in [0.1, 0.15) is 10.6 Å². The highest BCUT2D eigenvalue weighted by molar-refractivity contribution is 9.10. The summed E-state index contributed by atoms with van der Waals surface area (Å²) in [6.07, 6.45) is 0.538. The number of hydrogen-bond acceptors (Lipinski definition) is 4. The zero-order valence-corrected chi connectivity index (χ0v) is 13.9. The maximum Gasteiger partial charge on any atom is 0.246 e. The molecule has 5 nitrogen and oxygen atoms in total. The van der Waals surface area contributed by atoms with Crippen LogP contribution in [0.25, 0.3) is 0 Å². The van der Waals surface area contributed by atoms with Crippen LogP contribution in [0.5, 0.6) is 5.75 Å². The Labute approximate surface area is 127 Å². The Bertz CT molecular complexity index is 596.